The third kappa shape index (κ3) is 3.11. The largest absolute Gasteiger partial charge is 0.299 e. The van der Waals surface area contributed by atoms with Gasteiger partial charge in [0, 0.05) is 18.4 Å². The van der Waals surface area contributed by atoms with Gasteiger partial charge in [-0.3, -0.25) is 9.88 Å². The molecule has 0 spiro atoms. The van der Waals surface area contributed by atoms with Gasteiger partial charge in [-0.2, -0.15) is 0 Å². The number of hydrogen-bond donors (Lipinski definition) is 0. The van der Waals surface area contributed by atoms with E-state index in [9.17, 15) is 0 Å². The van der Waals surface area contributed by atoms with Crippen molar-refractivity contribution in [3.05, 3.63) is 29.6 Å². The van der Waals surface area contributed by atoms with Crippen LogP contribution < -0.4 is 0 Å². The molecule has 2 nitrogen and oxygen atoms in total. The molecule has 0 N–H and O–H groups in total. The Bertz CT molecular complexity index is 250. The molecule has 1 aliphatic rings. The third-order valence-electron chi connectivity index (χ3n) is 2.33. The predicted octanol–water partition coefficient (Wildman–Crippen LogP) is 2.62. The molecule has 2 heterocycles. The van der Waals surface area contributed by atoms with Crippen LogP contribution in [0.3, 0.4) is 0 Å². The predicted molar refractivity (Wildman–Crippen MR) is 60.2 cm³/mol. The number of likely N-dealkylation sites (tertiary alicyclic amines) is 1. The average molecular weight is 192 g/mol. The van der Waals surface area contributed by atoms with Crippen LogP contribution in [0.4, 0.5) is 0 Å². The number of hydrogen-bond acceptors (Lipinski definition) is 2. The van der Waals surface area contributed by atoms with Crippen molar-refractivity contribution in [3.63, 3.8) is 0 Å². The van der Waals surface area contributed by atoms with E-state index in [0.29, 0.717) is 0 Å². The van der Waals surface area contributed by atoms with Crippen LogP contribution in [0.1, 0.15) is 31.5 Å². The van der Waals surface area contributed by atoms with Gasteiger partial charge in [0.2, 0.25) is 0 Å². The van der Waals surface area contributed by atoms with Gasteiger partial charge in [0.1, 0.15) is 0 Å². The maximum Gasteiger partial charge on any atom is 0.0372 e. The minimum Gasteiger partial charge on any atom is -0.299 e. The Balaban J connectivity index is 0.000000461. The fourth-order valence-corrected chi connectivity index (χ4v) is 1.39. The van der Waals surface area contributed by atoms with Gasteiger partial charge in [0.05, 0.1) is 0 Å². The monoisotopic (exact) mass is 192 g/mol. The maximum absolute atomic E-state index is 4.26. The Labute approximate surface area is 87.0 Å². The number of aryl methyl sites for hydroxylation is 1. The van der Waals surface area contributed by atoms with Crippen molar-refractivity contribution in [2.24, 2.45) is 0 Å². The van der Waals surface area contributed by atoms with Gasteiger partial charge in [-0.1, -0.05) is 19.9 Å². The molecule has 0 amide bonds. The quantitative estimate of drug-likeness (QED) is 0.716. The van der Waals surface area contributed by atoms with E-state index in [1.807, 2.05) is 27.0 Å². The molecule has 1 fully saturated rings. The topological polar surface area (TPSA) is 16.1 Å². The maximum atomic E-state index is 4.26. The SMILES string of the molecule is CC.Cc1ccc(CN2CCC2)cn1. The second kappa shape index (κ2) is 5.76. The first-order chi connectivity index (χ1) is 6.84. The summed E-state index contributed by atoms with van der Waals surface area (Å²) in [5.74, 6) is 0. The van der Waals surface area contributed by atoms with Gasteiger partial charge >= 0.3 is 0 Å². The lowest BCUT2D eigenvalue weighted by molar-refractivity contribution is 0.172. The van der Waals surface area contributed by atoms with Crippen LogP contribution in [0.25, 0.3) is 0 Å². The molecule has 0 unspecified atom stereocenters. The molecule has 0 saturated carbocycles. The summed E-state index contributed by atoms with van der Waals surface area (Å²) in [6.07, 6.45) is 3.34. The molecule has 1 aliphatic heterocycles. The van der Waals surface area contributed by atoms with Crippen LogP contribution in [0.5, 0.6) is 0 Å². The number of nitrogens with zero attached hydrogens (tertiary/aromatic N) is 2. The molecule has 0 radical (unpaired) electrons. The Hall–Kier alpha value is -0.890. The molecule has 2 rings (SSSR count). The van der Waals surface area contributed by atoms with Crippen LogP contribution in [0.2, 0.25) is 0 Å². The molecule has 1 saturated heterocycles. The molecule has 0 bridgehead atoms. The lowest BCUT2D eigenvalue weighted by Gasteiger charge is -2.30. The Morgan fingerprint density at radius 1 is 1.29 bits per heavy atom. The Morgan fingerprint density at radius 2 is 2.00 bits per heavy atom. The molecule has 2 heteroatoms. The normalized spacial score (nSPS) is 15.4. The average Bonchev–Trinajstić information content (AvgIpc) is 2.17. The molecule has 0 aliphatic carbocycles. The summed E-state index contributed by atoms with van der Waals surface area (Å²) in [6, 6.07) is 4.25. The zero-order valence-corrected chi connectivity index (χ0v) is 9.45. The van der Waals surface area contributed by atoms with E-state index in [-0.39, 0.29) is 0 Å². The summed E-state index contributed by atoms with van der Waals surface area (Å²) < 4.78 is 0. The van der Waals surface area contributed by atoms with Gasteiger partial charge in [0.25, 0.3) is 0 Å². The molecular weight excluding hydrogens is 172 g/mol. The van der Waals surface area contributed by atoms with Crippen LogP contribution in [0, 0.1) is 6.92 Å². The standard InChI is InChI=1S/C10H14N2.C2H6/c1-9-3-4-10(7-11-9)8-12-5-2-6-12;1-2/h3-4,7H,2,5-6,8H2,1H3;1-2H3. The smallest absolute Gasteiger partial charge is 0.0372 e. The first-order valence-corrected chi connectivity index (χ1v) is 5.48. The van der Waals surface area contributed by atoms with Gasteiger partial charge in [-0.05, 0) is 38.1 Å². The number of pyridine rings is 1. The van der Waals surface area contributed by atoms with Gasteiger partial charge in [0.15, 0.2) is 0 Å². The van der Waals surface area contributed by atoms with Crippen molar-refractivity contribution < 1.29 is 0 Å². The summed E-state index contributed by atoms with van der Waals surface area (Å²) in [5.41, 5.74) is 2.43. The summed E-state index contributed by atoms with van der Waals surface area (Å²) >= 11 is 0. The first-order valence-electron chi connectivity index (χ1n) is 5.48. The van der Waals surface area contributed by atoms with Crippen molar-refractivity contribution in [2.75, 3.05) is 13.1 Å². The van der Waals surface area contributed by atoms with E-state index in [2.05, 4.69) is 22.0 Å². The molecule has 78 valence electrons. The minimum atomic E-state index is 1.08. The van der Waals surface area contributed by atoms with Crippen molar-refractivity contribution in [2.45, 2.75) is 33.7 Å². The Kier molecular flexibility index (Phi) is 4.60. The highest BCUT2D eigenvalue weighted by Gasteiger charge is 2.13. The summed E-state index contributed by atoms with van der Waals surface area (Å²) in [4.78, 5) is 6.70. The highest BCUT2D eigenvalue weighted by molar-refractivity contribution is 5.13. The zero-order valence-electron chi connectivity index (χ0n) is 9.45. The van der Waals surface area contributed by atoms with Crippen molar-refractivity contribution in [1.29, 1.82) is 0 Å². The molecule has 0 aromatic carbocycles. The van der Waals surface area contributed by atoms with Crippen LogP contribution in [0.15, 0.2) is 18.3 Å². The van der Waals surface area contributed by atoms with E-state index in [1.165, 1.54) is 25.1 Å². The Morgan fingerprint density at radius 3 is 2.43 bits per heavy atom. The highest BCUT2D eigenvalue weighted by Crippen LogP contribution is 2.11. The number of rotatable bonds is 2. The summed E-state index contributed by atoms with van der Waals surface area (Å²) in [5, 5.41) is 0. The lowest BCUT2D eigenvalue weighted by Crippen LogP contribution is -2.36. The molecule has 14 heavy (non-hydrogen) atoms. The second-order valence-corrected chi connectivity index (χ2v) is 3.44. The fourth-order valence-electron chi connectivity index (χ4n) is 1.39. The molecule has 0 atom stereocenters. The third-order valence-corrected chi connectivity index (χ3v) is 2.33. The van der Waals surface area contributed by atoms with E-state index < -0.39 is 0 Å². The van der Waals surface area contributed by atoms with E-state index >= 15 is 0 Å². The highest BCUT2D eigenvalue weighted by atomic mass is 15.2. The van der Waals surface area contributed by atoms with Crippen molar-refractivity contribution in [3.8, 4) is 0 Å². The van der Waals surface area contributed by atoms with Crippen molar-refractivity contribution >= 4 is 0 Å². The lowest BCUT2D eigenvalue weighted by atomic mass is 10.2. The zero-order chi connectivity index (χ0) is 10.4. The van der Waals surface area contributed by atoms with E-state index in [4.69, 9.17) is 0 Å². The van der Waals surface area contributed by atoms with Gasteiger partial charge < -0.3 is 0 Å². The van der Waals surface area contributed by atoms with Crippen LogP contribution >= 0.6 is 0 Å². The van der Waals surface area contributed by atoms with Crippen LogP contribution in [-0.2, 0) is 6.54 Å². The van der Waals surface area contributed by atoms with Crippen LogP contribution in [-0.4, -0.2) is 23.0 Å². The molecular formula is C12H20N2. The number of aromatic nitrogens is 1. The second-order valence-electron chi connectivity index (χ2n) is 3.44. The molecule has 1 aromatic heterocycles. The van der Waals surface area contributed by atoms with E-state index in [1.54, 1.807) is 0 Å². The first kappa shape index (κ1) is 11.2. The van der Waals surface area contributed by atoms with Crippen molar-refractivity contribution in [1.82, 2.24) is 9.88 Å². The minimum absolute atomic E-state index is 1.08. The van der Waals surface area contributed by atoms with Gasteiger partial charge in [-0.25, -0.2) is 0 Å². The summed E-state index contributed by atoms with van der Waals surface area (Å²) in [6.45, 7) is 9.61. The molecule has 1 aromatic rings. The van der Waals surface area contributed by atoms with Gasteiger partial charge in [-0.15, -0.1) is 0 Å². The fraction of sp³-hybridized carbons (Fsp3) is 0.583. The van der Waals surface area contributed by atoms with E-state index in [0.717, 1.165) is 12.2 Å². The summed E-state index contributed by atoms with van der Waals surface area (Å²) in [7, 11) is 0.